The van der Waals surface area contributed by atoms with E-state index in [-0.39, 0.29) is 25.2 Å². The minimum Gasteiger partial charge on any atom is -0.462 e. The number of aliphatic hydroxyl groups excluding tert-OH is 1. The molecule has 0 aromatic carbocycles. The Morgan fingerprint density at radius 3 is 1.79 bits per heavy atom. The van der Waals surface area contributed by atoms with Crippen LogP contribution in [0.3, 0.4) is 0 Å². The molecule has 1 atom stereocenters. The van der Waals surface area contributed by atoms with Gasteiger partial charge in [-0.25, -0.2) is 0 Å². The summed E-state index contributed by atoms with van der Waals surface area (Å²) in [6, 6.07) is 0. The van der Waals surface area contributed by atoms with Crippen LogP contribution in [0.25, 0.3) is 0 Å². The van der Waals surface area contributed by atoms with E-state index >= 15 is 0 Å². The molecule has 0 aliphatic heterocycles. The van der Waals surface area contributed by atoms with Crippen molar-refractivity contribution in [3.05, 3.63) is 0 Å². The van der Waals surface area contributed by atoms with Crippen LogP contribution in [0.1, 0.15) is 79.1 Å². The molecule has 0 saturated heterocycles. The first-order valence-corrected chi connectivity index (χ1v) is 9.31. The van der Waals surface area contributed by atoms with Gasteiger partial charge in [-0.3, -0.25) is 9.59 Å². The molecule has 0 aliphatic carbocycles. The second-order valence-corrected chi connectivity index (χ2v) is 7.26. The zero-order chi connectivity index (χ0) is 18.4. The smallest absolute Gasteiger partial charge is 0.306 e. The molecule has 0 amide bonds. The summed E-state index contributed by atoms with van der Waals surface area (Å²) in [6.45, 7) is 8.20. The van der Waals surface area contributed by atoms with E-state index in [1.54, 1.807) is 0 Å². The van der Waals surface area contributed by atoms with Gasteiger partial charge in [-0.2, -0.15) is 0 Å². The molecule has 0 spiro atoms. The second-order valence-electron chi connectivity index (χ2n) is 7.26. The first kappa shape index (κ1) is 22.9. The molecule has 24 heavy (non-hydrogen) atoms. The van der Waals surface area contributed by atoms with Gasteiger partial charge in [0.05, 0.1) is 6.61 Å². The zero-order valence-corrected chi connectivity index (χ0v) is 15.9. The van der Waals surface area contributed by atoms with E-state index in [0.717, 1.165) is 38.5 Å². The van der Waals surface area contributed by atoms with Gasteiger partial charge in [0.1, 0.15) is 6.61 Å². The largest absolute Gasteiger partial charge is 0.462 e. The van der Waals surface area contributed by atoms with Crippen LogP contribution in [0, 0.1) is 11.8 Å². The Morgan fingerprint density at radius 2 is 1.33 bits per heavy atom. The monoisotopic (exact) mass is 344 g/mol. The fourth-order valence-electron chi connectivity index (χ4n) is 2.27. The quantitative estimate of drug-likeness (QED) is 0.382. The molecule has 0 aromatic heterocycles. The molecule has 0 rings (SSSR count). The maximum Gasteiger partial charge on any atom is 0.306 e. The lowest BCUT2D eigenvalue weighted by Crippen LogP contribution is -2.28. The van der Waals surface area contributed by atoms with Gasteiger partial charge in [-0.05, 0) is 24.7 Å². The van der Waals surface area contributed by atoms with Crippen LogP contribution in [-0.2, 0) is 19.1 Å². The van der Waals surface area contributed by atoms with E-state index in [1.807, 2.05) is 0 Å². The Hall–Kier alpha value is -1.10. The molecule has 0 fully saturated rings. The fraction of sp³-hybridized carbons (Fsp3) is 0.895. The van der Waals surface area contributed by atoms with Crippen molar-refractivity contribution in [3.63, 3.8) is 0 Å². The number of aliphatic hydroxyl groups is 1. The number of unbranched alkanes of at least 4 members (excludes halogenated alkanes) is 2. The summed E-state index contributed by atoms with van der Waals surface area (Å²) in [5.41, 5.74) is 0. The average Bonchev–Trinajstić information content (AvgIpc) is 2.51. The third-order valence-corrected chi connectivity index (χ3v) is 3.76. The lowest BCUT2D eigenvalue weighted by Gasteiger charge is -2.16. The summed E-state index contributed by atoms with van der Waals surface area (Å²) in [5.74, 6) is 0.627. The molecule has 5 heteroatoms. The van der Waals surface area contributed by atoms with Gasteiger partial charge in [0.25, 0.3) is 0 Å². The van der Waals surface area contributed by atoms with Gasteiger partial charge >= 0.3 is 11.9 Å². The van der Waals surface area contributed by atoms with Gasteiger partial charge in [0.2, 0.25) is 0 Å². The normalized spacial score (nSPS) is 12.5. The van der Waals surface area contributed by atoms with Crippen LogP contribution in [0.15, 0.2) is 0 Å². The third kappa shape index (κ3) is 14.5. The Kier molecular flexibility index (Phi) is 13.6. The van der Waals surface area contributed by atoms with Gasteiger partial charge in [-0.1, -0.05) is 53.4 Å². The highest BCUT2D eigenvalue weighted by Crippen LogP contribution is 2.10. The first-order chi connectivity index (χ1) is 11.3. The minimum atomic E-state index is -0.762. The number of carbonyl (C=O) groups excluding carboxylic acids is 2. The highest BCUT2D eigenvalue weighted by atomic mass is 16.6. The number of rotatable bonds is 14. The van der Waals surface area contributed by atoms with Crippen molar-refractivity contribution in [2.24, 2.45) is 11.8 Å². The molecule has 1 N–H and O–H groups in total. The molecule has 0 radical (unpaired) electrons. The summed E-state index contributed by atoms with van der Waals surface area (Å²) in [5, 5.41) is 9.24. The molecule has 0 aliphatic rings. The number of esters is 2. The summed E-state index contributed by atoms with van der Waals surface area (Å²) >= 11 is 0. The van der Waals surface area contributed by atoms with Crippen LogP contribution in [-0.4, -0.2) is 36.4 Å². The summed E-state index contributed by atoms with van der Waals surface area (Å²) < 4.78 is 10.2. The SMILES string of the molecule is CC(C)CCCCC(=O)OCC(CO)OC(=O)CCCCC(C)C. The van der Waals surface area contributed by atoms with E-state index in [4.69, 9.17) is 9.47 Å². The van der Waals surface area contributed by atoms with E-state index in [9.17, 15) is 14.7 Å². The Labute approximate surface area is 147 Å². The van der Waals surface area contributed by atoms with Gasteiger partial charge < -0.3 is 14.6 Å². The molecule has 5 nitrogen and oxygen atoms in total. The maximum atomic E-state index is 11.7. The summed E-state index contributed by atoms with van der Waals surface area (Å²) in [4.78, 5) is 23.3. The summed E-state index contributed by atoms with van der Waals surface area (Å²) in [6.07, 6.45) is 5.71. The second kappa shape index (κ2) is 14.3. The van der Waals surface area contributed by atoms with Gasteiger partial charge in [-0.15, -0.1) is 0 Å². The molecule has 0 heterocycles. The van der Waals surface area contributed by atoms with Crippen molar-refractivity contribution < 1.29 is 24.2 Å². The van der Waals surface area contributed by atoms with Crippen LogP contribution < -0.4 is 0 Å². The Balaban J connectivity index is 3.80. The summed E-state index contributed by atoms with van der Waals surface area (Å²) in [7, 11) is 0. The molecule has 0 bridgehead atoms. The van der Waals surface area contributed by atoms with Crippen molar-refractivity contribution >= 4 is 11.9 Å². The highest BCUT2D eigenvalue weighted by molar-refractivity contribution is 5.70. The Morgan fingerprint density at radius 1 is 0.833 bits per heavy atom. The number of carbonyl (C=O) groups is 2. The standard InChI is InChI=1S/C19H36O5/c1-15(2)9-5-7-11-18(21)23-14-17(13-20)24-19(22)12-8-6-10-16(3)4/h15-17,20H,5-14H2,1-4H3. The van der Waals surface area contributed by atoms with E-state index in [0.29, 0.717) is 24.7 Å². The number of hydrogen-bond acceptors (Lipinski definition) is 5. The van der Waals surface area contributed by atoms with Crippen LogP contribution in [0.2, 0.25) is 0 Å². The van der Waals surface area contributed by atoms with Crippen molar-refractivity contribution in [2.45, 2.75) is 85.2 Å². The number of ether oxygens (including phenoxy) is 2. The van der Waals surface area contributed by atoms with Crippen molar-refractivity contribution in [1.29, 1.82) is 0 Å². The van der Waals surface area contributed by atoms with Crippen molar-refractivity contribution in [2.75, 3.05) is 13.2 Å². The maximum absolute atomic E-state index is 11.7. The molecule has 1 unspecified atom stereocenters. The van der Waals surface area contributed by atoms with Crippen LogP contribution >= 0.6 is 0 Å². The molecular weight excluding hydrogens is 308 g/mol. The van der Waals surface area contributed by atoms with Crippen LogP contribution in [0.4, 0.5) is 0 Å². The molecule has 0 aromatic rings. The van der Waals surface area contributed by atoms with E-state index in [1.165, 1.54) is 0 Å². The van der Waals surface area contributed by atoms with Gasteiger partial charge in [0, 0.05) is 12.8 Å². The lowest BCUT2D eigenvalue weighted by molar-refractivity contribution is -0.161. The zero-order valence-electron chi connectivity index (χ0n) is 15.9. The van der Waals surface area contributed by atoms with Gasteiger partial charge in [0.15, 0.2) is 6.10 Å². The number of hydrogen-bond donors (Lipinski definition) is 1. The minimum absolute atomic E-state index is 0.0722. The highest BCUT2D eigenvalue weighted by Gasteiger charge is 2.16. The topological polar surface area (TPSA) is 72.8 Å². The van der Waals surface area contributed by atoms with Crippen LogP contribution in [0.5, 0.6) is 0 Å². The molecule has 0 saturated carbocycles. The molecule has 142 valence electrons. The van der Waals surface area contributed by atoms with Crippen molar-refractivity contribution in [1.82, 2.24) is 0 Å². The van der Waals surface area contributed by atoms with Crippen molar-refractivity contribution in [3.8, 4) is 0 Å². The third-order valence-electron chi connectivity index (χ3n) is 3.76. The predicted octanol–water partition coefficient (Wildman–Crippen LogP) is 3.87. The van der Waals surface area contributed by atoms with E-state index in [2.05, 4.69) is 27.7 Å². The average molecular weight is 344 g/mol. The Bertz CT molecular complexity index is 339. The van der Waals surface area contributed by atoms with E-state index < -0.39 is 6.10 Å². The fourth-order valence-corrected chi connectivity index (χ4v) is 2.27. The molecular formula is C19H36O5. The predicted molar refractivity (Wildman–Crippen MR) is 94.5 cm³/mol. The first-order valence-electron chi connectivity index (χ1n) is 9.31. The lowest BCUT2D eigenvalue weighted by atomic mass is 10.1.